The Morgan fingerprint density at radius 3 is 2.57 bits per heavy atom. The Balaban J connectivity index is 3.08. The van der Waals surface area contributed by atoms with E-state index in [1.54, 1.807) is 0 Å². The van der Waals surface area contributed by atoms with E-state index in [0.717, 1.165) is 16.8 Å². The van der Waals surface area contributed by atoms with E-state index >= 15 is 0 Å². The van der Waals surface area contributed by atoms with E-state index in [-0.39, 0.29) is 12.6 Å². The molecule has 1 atom stereocenters. The van der Waals surface area contributed by atoms with E-state index in [2.05, 4.69) is 0 Å². The molecule has 1 unspecified atom stereocenters. The van der Waals surface area contributed by atoms with Gasteiger partial charge in [-0.05, 0) is 30.2 Å². The molecule has 3 heteroatoms. The van der Waals surface area contributed by atoms with Crippen molar-refractivity contribution in [2.45, 2.75) is 13.0 Å². The standard InChI is InChI=1S/C11H18N2O/c1-8-4-5-9(13(2)3)6-10(8)11(12)7-14/h4-6,11,14H,7,12H2,1-3H3. The molecular weight excluding hydrogens is 176 g/mol. The van der Waals surface area contributed by atoms with Gasteiger partial charge in [-0.3, -0.25) is 0 Å². The summed E-state index contributed by atoms with van der Waals surface area (Å²) in [6.45, 7) is 1.99. The Kier molecular flexibility index (Phi) is 3.49. The number of aliphatic hydroxyl groups excluding tert-OH is 1. The first-order chi connectivity index (χ1) is 6.56. The van der Waals surface area contributed by atoms with Crippen LogP contribution in [0.2, 0.25) is 0 Å². The normalized spacial score (nSPS) is 12.6. The minimum atomic E-state index is -0.283. The van der Waals surface area contributed by atoms with Crippen molar-refractivity contribution in [1.29, 1.82) is 0 Å². The van der Waals surface area contributed by atoms with E-state index in [1.807, 2.05) is 44.1 Å². The molecule has 0 spiro atoms. The third kappa shape index (κ3) is 2.25. The number of aliphatic hydroxyl groups is 1. The molecule has 0 aliphatic heterocycles. The highest BCUT2D eigenvalue weighted by Gasteiger charge is 2.08. The highest BCUT2D eigenvalue weighted by Crippen LogP contribution is 2.21. The zero-order chi connectivity index (χ0) is 10.7. The van der Waals surface area contributed by atoms with E-state index in [0.29, 0.717) is 0 Å². The van der Waals surface area contributed by atoms with Crippen molar-refractivity contribution in [3.05, 3.63) is 29.3 Å². The largest absolute Gasteiger partial charge is 0.394 e. The van der Waals surface area contributed by atoms with Crippen LogP contribution in [0, 0.1) is 6.92 Å². The lowest BCUT2D eigenvalue weighted by Gasteiger charge is -2.18. The van der Waals surface area contributed by atoms with Crippen molar-refractivity contribution in [1.82, 2.24) is 0 Å². The lowest BCUT2D eigenvalue weighted by Crippen LogP contribution is -2.17. The van der Waals surface area contributed by atoms with Crippen molar-refractivity contribution in [3.8, 4) is 0 Å². The molecule has 0 fully saturated rings. The molecule has 0 amide bonds. The summed E-state index contributed by atoms with van der Waals surface area (Å²) in [6, 6.07) is 5.81. The first-order valence-corrected chi connectivity index (χ1v) is 4.70. The van der Waals surface area contributed by atoms with Crippen LogP contribution in [0.15, 0.2) is 18.2 Å². The minimum Gasteiger partial charge on any atom is -0.394 e. The molecule has 1 aromatic carbocycles. The van der Waals surface area contributed by atoms with Crippen LogP contribution in [0.25, 0.3) is 0 Å². The van der Waals surface area contributed by atoms with Crippen LogP contribution in [0.1, 0.15) is 17.2 Å². The van der Waals surface area contributed by atoms with E-state index < -0.39 is 0 Å². The molecule has 0 aliphatic carbocycles. The van der Waals surface area contributed by atoms with Crippen LogP contribution in [0.5, 0.6) is 0 Å². The van der Waals surface area contributed by atoms with Gasteiger partial charge < -0.3 is 15.7 Å². The zero-order valence-corrected chi connectivity index (χ0v) is 8.99. The van der Waals surface area contributed by atoms with Crippen LogP contribution in [-0.2, 0) is 0 Å². The molecule has 3 nitrogen and oxygen atoms in total. The Morgan fingerprint density at radius 1 is 1.43 bits per heavy atom. The summed E-state index contributed by atoms with van der Waals surface area (Å²) in [5.41, 5.74) is 9.04. The summed E-state index contributed by atoms with van der Waals surface area (Å²) in [6.07, 6.45) is 0. The maximum Gasteiger partial charge on any atom is 0.0624 e. The molecule has 0 saturated carbocycles. The number of rotatable bonds is 3. The predicted molar refractivity (Wildman–Crippen MR) is 59.5 cm³/mol. The Hall–Kier alpha value is -1.06. The number of aryl methyl sites for hydroxylation is 1. The van der Waals surface area contributed by atoms with Crippen molar-refractivity contribution in [3.63, 3.8) is 0 Å². The quantitative estimate of drug-likeness (QED) is 0.756. The van der Waals surface area contributed by atoms with Gasteiger partial charge in [0.05, 0.1) is 12.6 Å². The summed E-state index contributed by atoms with van der Waals surface area (Å²) in [5, 5.41) is 9.00. The van der Waals surface area contributed by atoms with Crippen molar-refractivity contribution in [2.75, 3.05) is 25.6 Å². The monoisotopic (exact) mass is 194 g/mol. The van der Waals surface area contributed by atoms with Gasteiger partial charge in [-0.1, -0.05) is 6.07 Å². The van der Waals surface area contributed by atoms with Gasteiger partial charge in [0.15, 0.2) is 0 Å². The second kappa shape index (κ2) is 4.44. The van der Waals surface area contributed by atoms with Crippen LogP contribution in [-0.4, -0.2) is 25.8 Å². The second-order valence-corrected chi connectivity index (χ2v) is 3.72. The lowest BCUT2D eigenvalue weighted by atomic mass is 10.0. The molecule has 14 heavy (non-hydrogen) atoms. The SMILES string of the molecule is Cc1ccc(N(C)C)cc1C(N)CO. The average Bonchev–Trinajstić information content (AvgIpc) is 2.17. The number of nitrogens with two attached hydrogens (primary N) is 1. The zero-order valence-electron chi connectivity index (χ0n) is 8.99. The molecule has 0 aliphatic rings. The summed E-state index contributed by atoms with van der Waals surface area (Å²) in [7, 11) is 3.97. The molecule has 1 aromatic rings. The summed E-state index contributed by atoms with van der Waals surface area (Å²) >= 11 is 0. The van der Waals surface area contributed by atoms with Gasteiger partial charge >= 0.3 is 0 Å². The van der Waals surface area contributed by atoms with Gasteiger partial charge in [0.1, 0.15) is 0 Å². The average molecular weight is 194 g/mol. The molecule has 0 bridgehead atoms. The first-order valence-electron chi connectivity index (χ1n) is 4.70. The van der Waals surface area contributed by atoms with Crippen LogP contribution in [0.4, 0.5) is 5.69 Å². The highest BCUT2D eigenvalue weighted by atomic mass is 16.3. The third-order valence-electron chi connectivity index (χ3n) is 2.38. The van der Waals surface area contributed by atoms with Gasteiger partial charge in [-0.2, -0.15) is 0 Å². The highest BCUT2D eigenvalue weighted by molar-refractivity contribution is 5.50. The van der Waals surface area contributed by atoms with Gasteiger partial charge in [0.2, 0.25) is 0 Å². The van der Waals surface area contributed by atoms with Crippen molar-refractivity contribution in [2.24, 2.45) is 5.73 Å². The Labute approximate surface area is 85.2 Å². The van der Waals surface area contributed by atoms with Gasteiger partial charge in [-0.25, -0.2) is 0 Å². The van der Waals surface area contributed by atoms with Crippen molar-refractivity contribution < 1.29 is 5.11 Å². The van der Waals surface area contributed by atoms with Gasteiger partial charge in [0, 0.05) is 19.8 Å². The molecule has 0 saturated heterocycles. The third-order valence-corrected chi connectivity index (χ3v) is 2.38. The number of nitrogens with zero attached hydrogens (tertiary/aromatic N) is 1. The van der Waals surface area contributed by atoms with E-state index in [4.69, 9.17) is 10.8 Å². The van der Waals surface area contributed by atoms with Crippen molar-refractivity contribution >= 4 is 5.69 Å². The lowest BCUT2D eigenvalue weighted by molar-refractivity contribution is 0.267. The fourth-order valence-electron chi connectivity index (χ4n) is 1.40. The van der Waals surface area contributed by atoms with Gasteiger partial charge in [0.25, 0.3) is 0 Å². The molecule has 0 radical (unpaired) electrons. The summed E-state index contributed by atoms with van der Waals surface area (Å²) in [5.74, 6) is 0. The minimum absolute atomic E-state index is 0.0161. The second-order valence-electron chi connectivity index (χ2n) is 3.72. The van der Waals surface area contributed by atoms with Crippen LogP contribution in [0.3, 0.4) is 0 Å². The summed E-state index contributed by atoms with van der Waals surface area (Å²) in [4.78, 5) is 2.02. The topological polar surface area (TPSA) is 49.5 Å². The summed E-state index contributed by atoms with van der Waals surface area (Å²) < 4.78 is 0. The smallest absolute Gasteiger partial charge is 0.0624 e. The van der Waals surface area contributed by atoms with Crippen LogP contribution >= 0.6 is 0 Å². The molecule has 78 valence electrons. The maximum atomic E-state index is 9.00. The fourth-order valence-corrected chi connectivity index (χ4v) is 1.40. The Morgan fingerprint density at radius 2 is 2.07 bits per heavy atom. The predicted octanol–water partition coefficient (Wildman–Crippen LogP) is 1.05. The van der Waals surface area contributed by atoms with Gasteiger partial charge in [-0.15, -0.1) is 0 Å². The Bertz CT molecular complexity index is 310. The first kappa shape index (κ1) is 11.0. The number of benzene rings is 1. The number of hydrogen-bond donors (Lipinski definition) is 2. The van der Waals surface area contributed by atoms with Crippen LogP contribution < -0.4 is 10.6 Å². The molecule has 3 N–H and O–H groups in total. The molecular formula is C11H18N2O. The van der Waals surface area contributed by atoms with E-state index in [9.17, 15) is 0 Å². The van der Waals surface area contributed by atoms with E-state index in [1.165, 1.54) is 0 Å². The molecule has 0 heterocycles. The molecule has 0 aromatic heterocycles. The number of anilines is 1. The fraction of sp³-hybridized carbons (Fsp3) is 0.455. The maximum absolute atomic E-state index is 9.00. The number of hydrogen-bond acceptors (Lipinski definition) is 3. The molecule has 1 rings (SSSR count).